The first kappa shape index (κ1) is 64.3. The topological polar surface area (TPSA) is 95.9 Å². The van der Waals surface area contributed by atoms with Crippen LogP contribution in [0.2, 0.25) is 0 Å². The zero-order valence-electron chi connectivity index (χ0n) is 44.4. The molecule has 3 N–H and O–H groups in total. The minimum absolute atomic E-state index is 0.00379. The molecule has 0 bridgehead atoms. The number of amides is 1. The van der Waals surface area contributed by atoms with Crippen molar-refractivity contribution >= 4 is 11.9 Å². The highest BCUT2D eigenvalue weighted by molar-refractivity contribution is 5.76. The van der Waals surface area contributed by atoms with Gasteiger partial charge >= 0.3 is 5.97 Å². The first-order valence-electron chi connectivity index (χ1n) is 29.6. The summed E-state index contributed by atoms with van der Waals surface area (Å²) in [5.41, 5.74) is 0. The summed E-state index contributed by atoms with van der Waals surface area (Å²) >= 11 is 0. The number of nitrogens with one attached hydrogen (secondary N) is 1. The fourth-order valence-electron chi connectivity index (χ4n) is 9.16. The first-order valence-corrected chi connectivity index (χ1v) is 29.6. The Balaban J connectivity index is 3.50. The van der Waals surface area contributed by atoms with E-state index in [1.165, 1.54) is 231 Å². The number of rotatable bonds is 55. The molecule has 0 rings (SSSR count). The summed E-state index contributed by atoms with van der Waals surface area (Å²) in [5.74, 6) is -0.0860. The van der Waals surface area contributed by atoms with E-state index in [9.17, 15) is 19.8 Å². The molecule has 0 aliphatic heterocycles. The molecule has 0 heterocycles. The predicted molar refractivity (Wildman–Crippen MR) is 287 cm³/mol. The fourth-order valence-corrected chi connectivity index (χ4v) is 9.16. The molecule has 6 heteroatoms. The number of ether oxygens (including phenoxy) is 1. The maximum Gasteiger partial charge on any atom is 0.305 e. The van der Waals surface area contributed by atoms with Crippen LogP contribution in [0.25, 0.3) is 0 Å². The van der Waals surface area contributed by atoms with E-state index in [2.05, 4.69) is 31.3 Å². The van der Waals surface area contributed by atoms with Gasteiger partial charge in [-0.05, 0) is 57.8 Å². The second kappa shape index (κ2) is 55.9. The number of aliphatic hydroxyl groups excluding tert-OH is 2. The Hall–Kier alpha value is -1.66. The smallest absolute Gasteiger partial charge is 0.305 e. The van der Waals surface area contributed by atoms with Crippen LogP contribution in [-0.2, 0) is 14.3 Å². The lowest BCUT2D eigenvalue weighted by atomic mass is 10.0. The van der Waals surface area contributed by atoms with Crippen molar-refractivity contribution in [1.29, 1.82) is 0 Å². The van der Waals surface area contributed by atoms with Crippen LogP contribution in [-0.4, -0.2) is 47.4 Å². The van der Waals surface area contributed by atoms with E-state index in [1.807, 2.05) is 6.08 Å². The molecule has 0 spiro atoms. The van der Waals surface area contributed by atoms with Crippen molar-refractivity contribution in [3.63, 3.8) is 0 Å². The fraction of sp³-hybridized carbons (Fsp3) is 0.900. The van der Waals surface area contributed by atoms with Crippen LogP contribution in [0.15, 0.2) is 24.3 Å². The summed E-state index contributed by atoms with van der Waals surface area (Å²) in [5, 5.41) is 23.2. The van der Waals surface area contributed by atoms with E-state index in [-0.39, 0.29) is 18.5 Å². The van der Waals surface area contributed by atoms with E-state index in [0.29, 0.717) is 19.4 Å². The SMILES string of the molecule is CCCCCCCCCCCCCCCCCCCCCC/C=C/C(O)C(CO)NC(=O)CCCCCCC/C=C\CCCCCCCCCOC(=O)CCCCCCCCCCCCC. The van der Waals surface area contributed by atoms with Crippen LogP contribution < -0.4 is 5.32 Å². The lowest BCUT2D eigenvalue weighted by Crippen LogP contribution is -2.45. The average molecular weight is 931 g/mol. The van der Waals surface area contributed by atoms with E-state index >= 15 is 0 Å². The number of aliphatic hydroxyl groups is 2. The zero-order chi connectivity index (χ0) is 47.9. The molecular weight excluding hydrogens is 815 g/mol. The molecule has 390 valence electrons. The zero-order valence-corrected chi connectivity index (χ0v) is 44.4. The molecule has 0 fully saturated rings. The lowest BCUT2D eigenvalue weighted by molar-refractivity contribution is -0.143. The number of hydrogen-bond donors (Lipinski definition) is 3. The number of esters is 1. The quantitative estimate of drug-likeness (QED) is 0.0321. The molecule has 0 saturated heterocycles. The Morgan fingerprint density at radius 1 is 0.409 bits per heavy atom. The molecule has 0 aromatic rings. The minimum Gasteiger partial charge on any atom is -0.466 e. The second-order valence-corrected chi connectivity index (χ2v) is 20.3. The van der Waals surface area contributed by atoms with Gasteiger partial charge in [0.2, 0.25) is 5.91 Å². The highest BCUT2D eigenvalue weighted by Gasteiger charge is 2.18. The van der Waals surface area contributed by atoms with E-state index in [4.69, 9.17) is 4.74 Å². The van der Waals surface area contributed by atoms with Crippen LogP contribution in [0, 0.1) is 0 Å². The maximum absolute atomic E-state index is 12.5. The summed E-state index contributed by atoms with van der Waals surface area (Å²) in [6.45, 7) is 4.89. The first-order chi connectivity index (χ1) is 32.5. The summed E-state index contributed by atoms with van der Waals surface area (Å²) in [6.07, 6.45) is 67.7. The van der Waals surface area contributed by atoms with Crippen molar-refractivity contribution in [3.8, 4) is 0 Å². The van der Waals surface area contributed by atoms with Gasteiger partial charge in [-0.3, -0.25) is 9.59 Å². The lowest BCUT2D eigenvalue weighted by Gasteiger charge is -2.20. The van der Waals surface area contributed by atoms with Gasteiger partial charge in [-0.1, -0.05) is 276 Å². The van der Waals surface area contributed by atoms with E-state index in [0.717, 1.165) is 64.2 Å². The summed E-state index contributed by atoms with van der Waals surface area (Å²) in [6, 6.07) is -0.640. The maximum atomic E-state index is 12.5. The number of hydrogen-bond acceptors (Lipinski definition) is 5. The van der Waals surface area contributed by atoms with Gasteiger partial charge in [0.25, 0.3) is 0 Å². The molecule has 0 saturated carbocycles. The third-order valence-electron chi connectivity index (χ3n) is 13.7. The largest absolute Gasteiger partial charge is 0.466 e. The third-order valence-corrected chi connectivity index (χ3v) is 13.7. The van der Waals surface area contributed by atoms with Crippen molar-refractivity contribution in [2.45, 2.75) is 334 Å². The van der Waals surface area contributed by atoms with Gasteiger partial charge in [0.1, 0.15) is 0 Å². The molecule has 2 unspecified atom stereocenters. The van der Waals surface area contributed by atoms with Gasteiger partial charge < -0.3 is 20.3 Å². The van der Waals surface area contributed by atoms with Crippen molar-refractivity contribution in [3.05, 3.63) is 24.3 Å². The highest BCUT2D eigenvalue weighted by atomic mass is 16.5. The van der Waals surface area contributed by atoms with Gasteiger partial charge in [0.15, 0.2) is 0 Å². The van der Waals surface area contributed by atoms with Crippen molar-refractivity contribution in [1.82, 2.24) is 5.32 Å². The van der Waals surface area contributed by atoms with Gasteiger partial charge in [-0.15, -0.1) is 0 Å². The normalized spacial score (nSPS) is 12.7. The standard InChI is InChI=1S/C60H115NO5/c1-3-5-7-9-11-13-15-16-17-18-19-20-21-22-23-26-29-33-36-40-44-48-52-58(63)57(56-62)61-59(64)53-49-45-41-37-34-30-27-24-25-28-31-35-39-43-47-51-55-66-60(65)54-50-46-42-38-32-14-12-10-8-6-4-2/h24,27,48,52,57-58,62-63H,3-23,25-26,28-47,49-51,53-56H2,1-2H3,(H,61,64)/b27-24-,52-48+. The molecular formula is C60H115NO5. The Kier molecular flexibility index (Phi) is 54.5. The Morgan fingerprint density at radius 3 is 1.08 bits per heavy atom. The molecule has 66 heavy (non-hydrogen) atoms. The summed E-state index contributed by atoms with van der Waals surface area (Å²) < 4.78 is 5.45. The predicted octanol–water partition coefficient (Wildman–Crippen LogP) is 18.2. The average Bonchev–Trinajstić information content (AvgIpc) is 3.32. The Bertz CT molecular complexity index is 1030. The number of carbonyl (C=O) groups excluding carboxylic acids is 2. The molecule has 0 aliphatic rings. The molecule has 0 aromatic heterocycles. The summed E-state index contributed by atoms with van der Waals surface area (Å²) in [4.78, 5) is 24.5. The van der Waals surface area contributed by atoms with Gasteiger partial charge in [-0.25, -0.2) is 0 Å². The number of unbranched alkanes of at least 4 members (excludes halogenated alkanes) is 42. The molecule has 0 aromatic carbocycles. The Labute approximate surface area is 411 Å². The van der Waals surface area contributed by atoms with Crippen molar-refractivity contribution < 1.29 is 24.5 Å². The third kappa shape index (κ3) is 51.7. The van der Waals surface area contributed by atoms with Crippen LogP contribution in [0.1, 0.15) is 322 Å². The molecule has 0 aliphatic carbocycles. The molecule has 6 nitrogen and oxygen atoms in total. The minimum atomic E-state index is -0.855. The monoisotopic (exact) mass is 930 g/mol. The number of allylic oxidation sites excluding steroid dienone is 3. The van der Waals surface area contributed by atoms with E-state index in [1.54, 1.807) is 6.08 Å². The molecule has 0 radical (unpaired) electrons. The van der Waals surface area contributed by atoms with Gasteiger partial charge in [0.05, 0.1) is 25.4 Å². The van der Waals surface area contributed by atoms with Crippen LogP contribution in [0.4, 0.5) is 0 Å². The van der Waals surface area contributed by atoms with E-state index < -0.39 is 12.1 Å². The Morgan fingerprint density at radius 2 is 0.712 bits per heavy atom. The summed E-state index contributed by atoms with van der Waals surface area (Å²) in [7, 11) is 0. The van der Waals surface area contributed by atoms with Crippen LogP contribution in [0.3, 0.4) is 0 Å². The van der Waals surface area contributed by atoms with Crippen molar-refractivity contribution in [2.24, 2.45) is 0 Å². The van der Waals surface area contributed by atoms with Gasteiger partial charge in [-0.2, -0.15) is 0 Å². The number of carbonyl (C=O) groups is 2. The highest BCUT2D eigenvalue weighted by Crippen LogP contribution is 2.17. The van der Waals surface area contributed by atoms with Crippen LogP contribution >= 0.6 is 0 Å². The second-order valence-electron chi connectivity index (χ2n) is 20.3. The van der Waals surface area contributed by atoms with Gasteiger partial charge in [0, 0.05) is 12.8 Å². The molecule has 1 amide bonds. The van der Waals surface area contributed by atoms with Crippen molar-refractivity contribution in [2.75, 3.05) is 13.2 Å². The molecule has 2 atom stereocenters. The van der Waals surface area contributed by atoms with Crippen LogP contribution in [0.5, 0.6) is 0 Å².